The van der Waals surface area contributed by atoms with Crippen molar-refractivity contribution in [3.05, 3.63) is 28.8 Å². The van der Waals surface area contributed by atoms with Crippen LogP contribution in [-0.2, 0) is 16.1 Å². The Hall–Kier alpha value is -2.37. The van der Waals surface area contributed by atoms with Gasteiger partial charge in [-0.1, -0.05) is 19.9 Å². The van der Waals surface area contributed by atoms with E-state index in [2.05, 4.69) is 19.2 Å². The molecule has 0 radical (unpaired) electrons. The number of hydrogen-bond acceptors (Lipinski definition) is 4. The maximum Gasteiger partial charge on any atom is 0.257 e. The number of amides is 3. The fourth-order valence-corrected chi connectivity index (χ4v) is 3.10. The summed E-state index contributed by atoms with van der Waals surface area (Å²) in [5, 5.41) is 2.29. The van der Waals surface area contributed by atoms with Gasteiger partial charge in [-0.3, -0.25) is 19.7 Å². The molecule has 2 heterocycles. The molecule has 2 aliphatic rings. The number of imide groups is 1. The number of nitrogens with zero attached hydrogens (tertiary/aromatic N) is 1. The molecule has 0 saturated carbocycles. The molecule has 3 rings (SSSR count). The van der Waals surface area contributed by atoms with Gasteiger partial charge in [-0.15, -0.1) is 0 Å². The van der Waals surface area contributed by atoms with Crippen molar-refractivity contribution in [2.75, 3.05) is 5.73 Å². The number of piperidine rings is 1. The molecule has 22 heavy (non-hydrogen) atoms. The number of carbonyl (C=O) groups excluding carboxylic acids is 3. The standard InChI is InChI=1S/C16H19N3O3/c1-8(2)9-5-10-7-19(16(22)14(10)11(17)6-9)12-3-4-13(20)18-15(12)21/h5-6,8,12H,3-4,7,17H2,1-2H3,(H,18,20,21). The Balaban J connectivity index is 1.92. The first-order chi connectivity index (χ1) is 10.4. The topological polar surface area (TPSA) is 92.5 Å². The van der Waals surface area contributed by atoms with Crippen molar-refractivity contribution in [3.63, 3.8) is 0 Å². The van der Waals surface area contributed by atoms with Crippen LogP contribution in [0.4, 0.5) is 5.69 Å². The van der Waals surface area contributed by atoms with Crippen molar-refractivity contribution in [3.8, 4) is 0 Å². The van der Waals surface area contributed by atoms with E-state index in [1.807, 2.05) is 12.1 Å². The Morgan fingerprint density at radius 3 is 2.64 bits per heavy atom. The van der Waals surface area contributed by atoms with Crippen LogP contribution in [0.1, 0.15) is 54.1 Å². The summed E-state index contributed by atoms with van der Waals surface area (Å²) < 4.78 is 0. The van der Waals surface area contributed by atoms with Gasteiger partial charge in [-0.25, -0.2) is 0 Å². The summed E-state index contributed by atoms with van der Waals surface area (Å²) in [6, 6.07) is 3.22. The Morgan fingerprint density at radius 1 is 1.27 bits per heavy atom. The molecular formula is C16H19N3O3. The Labute approximate surface area is 128 Å². The lowest BCUT2D eigenvalue weighted by molar-refractivity contribution is -0.136. The number of carbonyl (C=O) groups is 3. The van der Waals surface area contributed by atoms with Crippen molar-refractivity contribution in [1.82, 2.24) is 10.2 Å². The lowest BCUT2D eigenvalue weighted by atomic mass is 9.97. The summed E-state index contributed by atoms with van der Waals surface area (Å²) in [5.74, 6) is -0.600. The van der Waals surface area contributed by atoms with Crippen molar-refractivity contribution in [1.29, 1.82) is 0 Å². The summed E-state index contributed by atoms with van der Waals surface area (Å²) in [7, 11) is 0. The number of fused-ring (bicyclic) bond motifs is 1. The Morgan fingerprint density at radius 2 is 2.00 bits per heavy atom. The first-order valence-electron chi connectivity index (χ1n) is 7.45. The molecule has 3 N–H and O–H groups in total. The molecule has 1 aromatic rings. The van der Waals surface area contributed by atoms with Gasteiger partial charge in [0.15, 0.2) is 0 Å². The summed E-state index contributed by atoms with van der Waals surface area (Å²) in [6.07, 6.45) is 0.616. The fraction of sp³-hybridized carbons (Fsp3) is 0.438. The highest BCUT2D eigenvalue weighted by Gasteiger charge is 2.40. The molecule has 1 fully saturated rings. The summed E-state index contributed by atoms with van der Waals surface area (Å²) in [5.41, 5.74) is 8.94. The van der Waals surface area contributed by atoms with Crippen LogP contribution < -0.4 is 11.1 Å². The molecule has 0 aliphatic carbocycles. The molecule has 0 spiro atoms. The smallest absolute Gasteiger partial charge is 0.257 e. The number of nitrogens with two attached hydrogens (primary N) is 1. The zero-order chi connectivity index (χ0) is 16.0. The molecule has 1 atom stereocenters. The minimum Gasteiger partial charge on any atom is -0.398 e. The van der Waals surface area contributed by atoms with E-state index < -0.39 is 11.9 Å². The van der Waals surface area contributed by atoms with E-state index in [9.17, 15) is 14.4 Å². The van der Waals surface area contributed by atoms with Crippen molar-refractivity contribution >= 4 is 23.4 Å². The van der Waals surface area contributed by atoms with Gasteiger partial charge < -0.3 is 10.6 Å². The van der Waals surface area contributed by atoms with E-state index in [0.29, 0.717) is 30.1 Å². The minimum atomic E-state index is -0.598. The van der Waals surface area contributed by atoms with E-state index in [4.69, 9.17) is 5.73 Å². The molecule has 6 heteroatoms. The first kappa shape index (κ1) is 14.6. The van der Waals surface area contributed by atoms with Gasteiger partial charge in [0.05, 0.1) is 5.56 Å². The highest BCUT2D eigenvalue weighted by atomic mass is 16.2. The van der Waals surface area contributed by atoms with Crippen LogP contribution in [-0.4, -0.2) is 28.7 Å². The van der Waals surface area contributed by atoms with Gasteiger partial charge in [0, 0.05) is 18.7 Å². The van der Waals surface area contributed by atoms with Crippen LogP contribution in [0.5, 0.6) is 0 Å². The van der Waals surface area contributed by atoms with E-state index in [-0.39, 0.29) is 18.2 Å². The van der Waals surface area contributed by atoms with Crippen LogP contribution in [0.3, 0.4) is 0 Å². The zero-order valence-corrected chi connectivity index (χ0v) is 12.7. The van der Waals surface area contributed by atoms with E-state index >= 15 is 0 Å². The molecule has 6 nitrogen and oxygen atoms in total. The van der Waals surface area contributed by atoms with Crippen LogP contribution in [0.25, 0.3) is 0 Å². The Bertz CT molecular complexity index is 681. The van der Waals surface area contributed by atoms with E-state index in [0.717, 1.165) is 11.1 Å². The summed E-state index contributed by atoms with van der Waals surface area (Å²) in [4.78, 5) is 37.4. The SMILES string of the molecule is CC(C)c1cc(N)c2c(c1)CN(C1CCC(=O)NC1=O)C2=O. The van der Waals surface area contributed by atoms with Crippen molar-refractivity contribution < 1.29 is 14.4 Å². The van der Waals surface area contributed by atoms with E-state index in [1.54, 1.807) is 0 Å². The summed E-state index contributed by atoms with van der Waals surface area (Å²) >= 11 is 0. The second-order valence-corrected chi connectivity index (χ2v) is 6.20. The predicted molar refractivity (Wildman–Crippen MR) is 81.0 cm³/mol. The molecule has 0 aromatic heterocycles. The maximum absolute atomic E-state index is 12.6. The van der Waals surface area contributed by atoms with Crippen LogP contribution in [0, 0.1) is 0 Å². The van der Waals surface area contributed by atoms with Gasteiger partial charge in [-0.2, -0.15) is 0 Å². The van der Waals surface area contributed by atoms with Crippen LogP contribution >= 0.6 is 0 Å². The molecule has 2 aliphatic heterocycles. The van der Waals surface area contributed by atoms with Crippen molar-refractivity contribution in [2.45, 2.75) is 45.2 Å². The van der Waals surface area contributed by atoms with Gasteiger partial charge in [-0.05, 0) is 29.5 Å². The highest BCUT2D eigenvalue weighted by Crippen LogP contribution is 2.33. The second-order valence-electron chi connectivity index (χ2n) is 6.20. The first-order valence-corrected chi connectivity index (χ1v) is 7.45. The lowest BCUT2D eigenvalue weighted by Gasteiger charge is -2.29. The number of anilines is 1. The van der Waals surface area contributed by atoms with Gasteiger partial charge in [0.1, 0.15) is 6.04 Å². The fourth-order valence-electron chi connectivity index (χ4n) is 3.10. The van der Waals surface area contributed by atoms with Crippen LogP contribution in [0.15, 0.2) is 12.1 Å². The molecular weight excluding hydrogens is 282 g/mol. The van der Waals surface area contributed by atoms with Crippen LogP contribution in [0.2, 0.25) is 0 Å². The molecule has 1 saturated heterocycles. The molecule has 1 aromatic carbocycles. The largest absolute Gasteiger partial charge is 0.398 e. The molecule has 1 unspecified atom stereocenters. The van der Waals surface area contributed by atoms with E-state index in [1.165, 1.54) is 4.90 Å². The van der Waals surface area contributed by atoms with Gasteiger partial charge in [0.25, 0.3) is 5.91 Å². The molecule has 3 amide bonds. The third-order valence-electron chi connectivity index (χ3n) is 4.34. The normalized spacial score (nSPS) is 21.3. The number of hydrogen-bond donors (Lipinski definition) is 2. The minimum absolute atomic E-state index is 0.225. The number of rotatable bonds is 2. The third-order valence-corrected chi connectivity index (χ3v) is 4.34. The molecule has 0 bridgehead atoms. The quantitative estimate of drug-likeness (QED) is 0.633. The van der Waals surface area contributed by atoms with Gasteiger partial charge in [0.2, 0.25) is 11.8 Å². The second kappa shape index (κ2) is 5.12. The number of benzene rings is 1. The monoisotopic (exact) mass is 301 g/mol. The number of nitrogens with one attached hydrogen (secondary N) is 1. The third kappa shape index (κ3) is 2.24. The average Bonchev–Trinajstić information content (AvgIpc) is 2.76. The summed E-state index contributed by atoms with van der Waals surface area (Å²) in [6.45, 7) is 4.50. The Kier molecular flexibility index (Phi) is 3.39. The zero-order valence-electron chi connectivity index (χ0n) is 12.7. The average molecular weight is 301 g/mol. The lowest BCUT2D eigenvalue weighted by Crippen LogP contribution is -2.52. The predicted octanol–water partition coefficient (Wildman–Crippen LogP) is 1.15. The van der Waals surface area contributed by atoms with Crippen molar-refractivity contribution in [2.24, 2.45) is 0 Å². The highest BCUT2D eigenvalue weighted by molar-refractivity contribution is 6.07. The van der Waals surface area contributed by atoms with Gasteiger partial charge >= 0.3 is 0 Å². The molecule has 116 valence electrons. The maximum atomic E-state index is 12.6. The number of nitrogen functional groups attached to an aromatic ring is 1.